The van der Waals surface area contributed by atoms with Gasteiger partial charge in [-0.15, -0.1) is 12.4 Å². The van der Waals surface area contributed by atoms with Gasteiger partial charge in [0.05, 0.1) is 6.10 Å². The van der Waals surface area contributed by atoms with Gasteiger partial charge in [0.2, 0.25) is 5.91 Å². The molecule has 1 rings (SSSR count). The number of nitrogens with two attached hydrogens (primary N) is 1. The summed E-state index contributed by atoms with van der Waals surface area (Å²) in [4.78, 5) is 12.5. The minimum atomic E-state index is -0.811. The molecule has 1 aliphatic rings. The van der Waals surface area contributed by atoms with Crippen molar-refractivity contribution in [2.45, 2.75) is 72.1 Å². The molecule has 1 amide bonds. The number of hydrogen-bond donors (Lipinski definition) is 2. The molecule has 4 unspecified atom stereocenters. The lowest BCUT2D eigenvalue weighted by Gasteiger charge is -2.57. The number of halogens is 1. The smallest absolute Gasteiger partial charge is 0.241 e. The third-order valence-electron chi connectivity index (χ3n) is 5.09. The highest BCUT2D eigenvalue weighted by molar-refractivity contribution is 5.89. The van der Waals surface area contributed by atoms with Gasteiger partial charge in [0.1, 0.15) is 5.54 Å². The Morgan fingerprint density at radius 2 is 1.95 bits per heavy atom. The van der Waals surface area contributed by atoms with E-state index in [1.165, 1.54) is 0 Å². The van der Waals surface area contributed by atoms with E-state index in [2.05, 4.69) is 19.2 Å². The first-order chi connectivity index (χ1) is 8.70. The number of amides is 1. The largest absolute Gasteiger partial charge is 0.378 e. The molecule has 20 heavy (non-hydrogen) atoms. The first-order valence-electron chi connectivity index (χ1n) is 7.42. The van der Waals surface area contributed by atoms with E-state index in [1.807, 2.05) is 27.7 Å². The highest BCUT2D eigenvalue weighted by atomic mass is 35.5. The van der Waals surface area contributed by atoms with E-state index < -0.39 is 5.54 Å². The van der Waals surface area contributed by atoms with Crippen molar-refractivity contribution >= 4 is 18.3 Å². The molecule has 1 aliphatic carbocycles. The van der Waals surface area contributed by atoms with Crippen LogP contribution in [0.4, 0.5) is 0 Å². The van der Waals surface area contributed by atoms with E-state index >= 15 is 0 Å². The number of carbonyl (C=O) groups is 1. The van der Waals surface area contributed by atoms with Gasteiger partial charge in [-0.2, -0.15) is 0 Å². The molecule has 5 heteroatoms. The maximum absolute atomic E-state index is 12.5. The highest BCUT2D eigenvalue weighted by Crippen LogP contribution is 2.49. The van der Waals surface area contributed by atoms with E-state index in [1.54, 1.807) is 0 Å². The zero-order valence-electron chi connectivity index (χ0n) is 13.7. The molecule has 0 aromatic rings. The molecule has 1 fully saturated rings. The van der Waals surface area contributed by atoms with Crippen LogP contribution in [-0.4, -0.2) is 30.2 Å². The maximum atomic E-state index is 12.5. The van der Waals surface area contributed by atoms with Crippen molar-refractivity contribution in [1.29, 1.82) is 0 Å². The molecule has 3 N–H and O–H groups in total. The summed E-state index contributed by atoms with van der Waals surface area (Å²) in [5, 5.41) is 3.07. The molecule has 0 aromatic heterocycles. The first-order valence-corrected chi connectivity index (χ1v) is 7.42. The fraction of sp³-hybridized carbons (Fsp3) is 0.933. The summed E-state index contributed by atoms with van der Waals surface area (Å²) in [7, 11) is 0. The quantitative estimate of drug-likeness (QED) is 0.792. The van der Waals surface area contributed by atoms with Crippen molar-refractivity contribution in [2.24, 2.45) is 17.1 Å². The Labute approximate surface area is 129 Å². The fourth-order valence-electron chi connectivity index (χ4n) is 2.65. The molecule has 0 heterocycles. The Morgan fingerprint density at radius 3 is 2.35 bits per heavy atom. The van der Waals surface area contributed by atoms with E-state index in [4.69, 9.17) is 10.5 Å². The summed E-state index contributed by atoms with van der Waals surface area (Å²) in [6, 6.07) is 0.153. The standard InChI is InChI=1S/C15H30N2O2.ClH/c1-7-10(3)11(4)17-13(18)15(16)9-12(19-8-2)14(15,5)6;/h10-12H,7-9,16H2,1-6H3,(H,17,18);1H. The van der Waals surface area contributed by atoms with E-state index in [0.29, 0.717) is 18.9 Å². The predicted octanol–water partition coefficient (Wildman–Crippen LogP) is 2.49. The second-order valence-corrected chi connectivity index (χ2v) is 6.49. The number of rotatable bonds is 6. The zero-order chi connectivity index (χ0) is 14.8. The van der Waals surface area contributed by atoms with Crippen molar-refractivity contribution in [2.75, 3.05) is 6.61 Å². The fourth-order valence-corrected chi connectivity index (χ4v) is 2.65. The average molecular weight is 307 g/mol. The van der Waals surface area contributed by atoms with Crippen molar-refractivity contribution < 1.29 is 9.53 Å². The number of carbonyl (C=O) groups excluding carboxylic acids is 1. The van der Waals surface area contributed by atoms with Gasteiger partial charge in [-0.05, 0) is 19.8 Å². The summed E-state index contributed by atoms with van der Waals surface area (Å²) in [6.07, 6.45) is 1.73. The molecule has 0 bridgehead atoms. The Morgan fingerprint density at radius 1 is 1.40 bits per heavy atom. The summed E-state index contributed by atoms with van der Waals surface area (Å²) >= 11 is 0. The third kappa shape index (κ3) is 3.29. The van der Waals surface area contributed by atoms with Crippen LogP contribution in [0, 0.1) is 11.3 Å². The van der Waals surface area contributed by atoms with Crippen molar-refractivity contribution in [3.05, 3.63) is 0 Å². The van der Waals surface area contributed by atoms with E-state index in [9.17, 15) is 4.79 Å². The van der Waals surface area contributed by atoms with Crippen LogP contribution in [0.2, 0.25) is 0 Å². The van der Waals surface area contributed by atoms with Crippen LogP contribution in [0.5, 0.6) is 0 Å². The maximum Gasteiger partial charge on any atom is 0.241 e. The summed E-state index contributed by atoms with van der Waals surface area (Å²) in [5.74, 6) is 0.416. The minimum absolute atomic E-state index is 0. The highest BCUT2D eigenvalue weighted by Gasteiger charge is 2.62. The SMILES string of the molecule is CCOC1CC(N)(C(=O)NC(C)C(C)CC)C1(C)C.Cl. The molecule has 1 saturated carbocycles. The topological polar surface area (TPSA) is 64.3 Å². The first kappa shape index (κ1) is 19.7. The Balaban J connectivity index is 0.00000361. The van der Waals surface area contributed by atoms with Crippen LogP contribution in [0.15, 0.2) is 0 Å². The average Bonchev–Trinajstić information content (AvgIpc) is 2.36. The van der Waals surface area contributed by atoms with E-state index in [0.717, 1.165) is 6.42 Å². The summed E-state index contributed by atoms with van der Waals surface area (Å²) in [5.41, 5.74) is 5.21. The van der Waals surface area contributed by atoms with Gasteiger partial charge in [0, 0.05) is 24.5 Å². The van der Waals surface area contributed by atoms with Crippen molar-refractivity contribution in [1.82, 2.24) is 5.32 Å². The third-order valence-corrected chi connectivity index (χ3v) is 5.09. The van der Waals surface area contributed by atoms with Gasteiger partial charge in [0.15, 0.2) is 0 Å². The molecule has 0 radical (unpaired) electrons. The number of hydrogen-bond acceptors (Lipinski definition) is 3. The monoisotopic (exact) mass is 306 g/mol. The van der Waals surface area contributed by atoms with Gasteiger partial charge in [-0.25, -0.2) is 0 Å². The second kappa shape index (κ2) is 7.10. The second-order valence-electron chi connectivity index (χ2n) is 6.49. The molecule has 4 atom stereocenters. The van der Waals surface area contributed by atoms with Gasteiger partial charge in [-0.3, -0.25) is 4.79 Å². The molecule has 4 nitrogen and oxygen atoms in total. The van der Waals surface area contributed by atoms with Gasteiger partial charge >= 0.3 is 0 Å². The lowest BCUT2D eigenvalue weighted by molar-refractivity contribution is -0.171. The Bertz CT molecular complexity index is 336. The normalized spacial score (nSPS) is 30.6. The van der Waals surface area contributed by atoms with Gasteiger partial charge in [-0.1, -0.05) is 34.1 Å². The van der Waals surface area contributed by atoms with E-state index in [-0.39, 0.29) is 35.9 Å². The molecule has 0 aliphatic heterocycles. The van der Waals surface area contributed by atoms with Crippen LogP contribution in [-0.2, 0) is 9.53 Å². The molecular formula is C15H31ClN2O2. The lowest BCUT2D eigenvalue weighted by Crippen LogP contribution is -2.76. The molecule has 0 saturated heterocycles. The molecule has 0 aromatic carbocycles. The predicted molar refractivity (Wildman–Crippen MR) is 85.0 cm³/mol. The Kier molecular flexibility index (Phi) is 6.99. The van der Waals surface area contributed by atoms with Gasteiger partial charge < -0.3 is 15.8 Å². The molecule has 120 valence electrons. The summed E-state index contributed by atoms with van der Waals surface area (Å²) < 4.78 is 5.65. The summed E-state index contributed by atoms with van der Waals surface area (Å²) in [6.45, 7) is 13.0. The zero-order valence-corrected chi connectivity index (χ0v) is 14.5. The van der Waals surface area contributed by atoms with Gasteiger partial charge in [0.25, 0.3) is 0 Å². The molecular weight excluding hydrogens is 276 g/mol. The van der Waals surface area contributed by atoms with Crippen LogP contribution >= 0.6 is 12.4 Å². The lowest BCUT2D eigenvalue weighted by atomic mass is 9.54. The number of ether oxygens (including phenoxy) is 1. The minimum Gasteiger partial charge on any atom is -0.378 e. The van der Waals surface area contributed by atoms with Crippen LogP contribution in [0.3, 0.4) is 0 Å². The van der Waals surface area contributed by atoms with Crippen LogP contribution in [0.1, 0.15) is 54.4 Å². The molecule has 0 spiro atoms. The van der Waals surface area contributed by atoms with Crippen LogP contribution in [0.25, 0.3) is 0 Å². The number of nitrogens with one attached hydrogen (secondary N) is 1. The Hall–Kier alpha value is -0.320. The van der Waals surface area contributed by atoms with Crippen LogP contribution < -0.4 is 11.1 Å². The van der Waals surface area contributed by atoms with Crippen molar-refractivity contribution in [3.8, 4) is 0 Å². The van der Waals surface area contributed by atoms with Crippen molar-refractivity contribution in [3.63, 3.8) is 0 Å².